The van der Waals surface area contributed by atoms with Gasteiger partial charge in [0.2, 0.25) is 5.91 Å². The molecule has 1 N–H and O–H groups in total. The molecule has 2 atom stereocenters. The number of rotatable bonds is 5. The van der Waals surface area contributed by atoms with Gasteiger partial charge in [-0.05, 0) is 54.7 Å². The van der Waals surface area contributed by atoms with Crippen molar-refractivity contribution in [3.05, 3.63) is 100 Å². The zero-order valence-corrected chi connectivity index (χ0v) is 22.0. The number of nitrogens with zero attached hydrogens (tertiary/aromatic N) is 3. The second-order valence-electron chi connectivity index (χ2n) is 11.0. The minimum Gasteiger partial charge on any atom is -0.310 e. The Morgan fingerprint density at radius 3 is 2.54 bits per heavy atom. The fraction of sp³-hybridized carbons (Fsp3) is 0.290. The number of hydrogen-bond donors (Lipinski definition) is 1. The fourth-order valence-corrected chi connectivity index (χ4v) is 6.05. The molecule has 0 radical (unpaired) electrons. The van der Waals surface area contributed by atoms with E-state index in [1.165, 1.54) is 12.1 Å². The molecule has 39 heavy (non-hydrogen) atoms. The Labute approximate surface area is 225 Å². The Bertz CT molecular complexity index is 1580. The van der Waals surface area contributed by atoms with Crippen molar-refractivity contribution in [1.82, 2.24) is 9.88 Å². The van der Waals surface area contributed by atoms with Crippen molar-refractivity contribution in [2.24, 2.45) is 10.9 Å². The van der Waals surface area contributed by atoms with Gasteiger partial charge in [-0.3, -0.25) is 14.6 Å². The molecule has 0 saturated carbocycles. The smallest absolute Gasteiger partial charge is 0.270 e. The Morgan fingerprint density at radius 1 is 1.05 bits per heavy atom. The van der Waals surface area contributed by atoms with E-state index < -0.39 is 22.7 Å². The van der Waals surface area contributed by atoms with Crippen LogP contribution in [0.15, 0.2) is 65.8 Å². The number of aliphatic imine (C=N–C) groups is 1. The van der Waals surface area contributed by atoms with E-state index in [0.717, 1.165) is 28.3 Å². The van der Waals surface area contributed by atoms with E-state index in [1.807, 2.05) is 50.3 Å². The lowest BCUT2D eigenvalue weighted by Crippen LogP contribution is -2.43. The summed E-state index contributed by atoms with van der Waals surface area (Å²) in [6.45, 7) is 5.66. The van der Waals surface area contributed by atoms with Crippen molar-refractivity contribution in [2.75, 3.05) is 11.9 Å². The van der Waals surface area contributed by atoms with E-state index in [2.05, 4.69) is 21.4 Å². The van der Waals surface area contributed by atoms with Crippen LogP contribution in [0.2, 0.25) is 0 Å². The van der Waals surface area contributed by atoms with Gasteiger partial charge in [0.25, 0.3) is 5.91 Å². The topological polar surface area (TPSA) is 74.7 Å². The molecule has 0 saturated heterocycles. The first-order valence-electron chi connectivity index (χ1n) is 13.0. The molecule has 6 rings (SSSR count). The van der Waals surface area contributed by atoms with Gasteiger partial charge in [0, 0.05) is 35.9 Å². The summed E-state index contributed by atoms with van der Waals surface area (Å²) in [5, 5.41) is 2.93. The number of carbonyl (C=O) groups excluding carboxylic acids is 2. The third-order valence-corrected chi connectivity index (χ3v) is 8.09. The standard InChI is InChI=1S/C31H28F2N4O2/c1-18(2)26-28(38)37(30(3,36-26)22-13-23(32)15-24(33)14-22)11-5-6-19-8-9-20-16-31(17-21(20)12-19)25-7-4-10-34-27(25)35-29(31)39/h4-10,12-15,18H,11,16-17H2,1-3H3,(H,34,35,39)/t30-,31?/m0/s1. The number of halogens is 2. The molecule has 1 spiro atoms. The molecule has 3 heterocycles. The number of anilines is 1. The van der Waals surface area contributed by atoms with Gasteiger partial charge in [0.1, 0.15) is 23.2 Å². The predicted octanol–water partition coefficient (Wildman–Crippen LogP) is 5.17. The zero-order chi connectivity index (χ0) is 27.5. The number of benzene rings is 2. The van der Waals surface area contributed by atoms with Crippen LogP contribution in [0.3, 0.4) is 0 Å². The Kier molecular flexibility index (Phi) is 5.75. The van der Waals surface area contributed by atoms with E-state index in [-0.39, 0.29) is 29.8 Å². The average molecular weight is 527 g/mol. The minimum atomic E-state index is -1.23. The van der Waals surface area contributed by atoms with Crippen LogP contribution in [0.25, 0.3) is 6.08 Å². The monoisotopic (exact) mass is 526 g/mol. The van der Waals surface area contributed by atoms with Gasteiger partial charge < -0.3 is 10.2 Å². The lowest BCUT2D eigenvalue weighted by atomic mass is 9.79. The third-order valence-electron chi connectivity index (χ3n) is 8.09. The Morgan fingerprint density at radius 2 is 1.79 bits per heavy atom. The second-order valence-corrected chi connectivity index (χ2v) is 11.0. The van der Waals surface area contributed by atoms with Crippen molar-refractivity contribution in [2.45, 2.75) is 44.7 Å². The molecule has 2 amide bonds. The minimum absolute atomic E-state index is 0.0222. The van der Waals surface area contributed by atoms with Crippen molar-refractivity contribution in [3.8, 4) is 0 Å². The number of carbonyl (C=O) groups is 2. The highest BCUT2D eigenvalue weighted by Gasteiger charge is 2.51. The molecule has 1 aliphatic carbocycles. The summed E-state index contributed by atoms with van der Waals surface area (Å²) in [5.74, 6) is -1.21. The Balaban J connectivity index is 1.25. The summed E-state index contributed by atoms with van der Waals surface area (Å²) in [6, 6.07) is 13.2. The molecule has 1 unspecified atom stereocenters. The van der Waals surface area contributed by atoms with E-state index in [0.29, 0.717) is 24.4 Å². The molecule has 2 aromatic carbocycles. The van der Waals surface area contributed by atoms with Gasteiger partial charge in [-0.25, -0.2) is 13.8 Å². The van der Waals surface area contributed by atoms with Crippen LogP contribution in [0, 0.1) is 17.6 Å². The van der Waals surface area contributed by atoms with Gasteiger partial charge in [-0.15, -0.1) is 0 Å². The molecule has 198 valence electrons. The summed E-state index contributed by atoms with van der Waals surface area (Å²) in [5.41, 5.74) is 2.90. The van der Waals surface area contributed by atoms with Gasteiger partial charge in [-0.1, -0.05) is 50.3 Å². The van der Waals surface area contributed by atoms with Crippen LogP contribution < -0.4 is 5.32 Å². The molecule has 3 aromatic rings. The molecule has 1 aromatic heterocycles. The maximum Gasteiger partial charge on any atom is 0.270 e. The number of amides is 2. The predicted molar refractivity (Wildman–Crippen MR) is 145 cm³/mol. The maximum absolute atomic E-state index is 14.1. The van der Waals surface area contributed by atoms with Crippen LogP contribution >= 0.6 is 0 Å². The largest absolute Gasteiger partial charge is 0.310 e. The van der Waals surface area contributed by atoms with Crippen LogP contribution in [0.1, 0.15) is 48.6 Å². The van der Waals surface area contributed by atoms with Gasteiger partial charge in [0.15, 0.2) is 5.66 Å². The van der Waals surface area contributed by atoms with Crippen LogP contribution in [-0.4, -0.2) is 34.0 Å². The molecule has 6 nitrogen and oxygen atoms in total. The quantitative estimate of drug-likeness (QED) is 0.498. The summed E-state index contributed by atoms with van der Waals surface area (Å²) in [4.78, 5) is 36.8. The zero-order valence-electron chi connectivity index (χ0n) is 22.0. The van der Waals surface area contributed by atoms with Gasteiger partial charge in [0.05, 0.1) is 5.41 Å². The van der Waals surface area contributed by atoms with Crippen LogP contribution in [0.4, 0.5) is 14.6 Å². The van der Waals surface area contributed by atoms with E-state index in [9.17, 15) is 18.4 Å². The molecule has 3 aliphatic rings. The first kappa shape index (κ1) is 25.1. The normalized spacial score (nSPS) is 23.6. The highest BCUT2D eigenvalue weighted by atomic mass is 19.1. The number of fused-ring (bicyclic) bond motifs is 3. The van der Waals surface area contributed by atoms with Crippen LogP contribution in [-0.2, 0) is 33.5 Å². The summed E-state index contributed by atoms with van der Waals surface area (Å²) >= 11 is 0. The summed E-state index contributed by atoms with van der Waals surface area (Å²) < 4.78 is 28.2. The van der Waals surface area contributed by atoms with Gasteiger partial charge >= 0.3 is 0 Å². The molecule has 0 bridgehead atoms. The highest BCUT2D eigenvalue weighted by Crippen LogP contribution is 2.46. The lowest BCUT2D eigenvalue weighted by molar-refractivity contribution is -0.127. The van der Waals surface area contributed by atoms with Crippen molar-refractivity contribution in [1.29, 1.82) is 0 Å². The maximum atomic E-state index is 14.1. The van der Waals surface area contributed by atoms with E-state index >= 15 is 0 Å². The second kappa shape index (κ2) is 8.93. The first-order chi connectivity index (χ1) is 18.6. The van der Waals surface area contributed by atoms with E-state index in [4.69, 9.17) is 0 Å². The first-order valence-corrected chi connectivity index (χ1v) is 13.0. The average Bonchev–Trinajstić information content (AvgIpc) is 3.49. The third kappa shape index (κ3) is 3.97. The van der Waals surface area contributed by atoms with Crippen LogP contribution in [0.5, 0.6) is 0 Å². The molecular formula is C31H28F2N4O2. The molecule has 0 fully saturated rings. The van der Waals surface area contributed by atoms with Crippen molar-refractivity contribution in [3.63, 3.8) is 0 Å². The Hall–Kier alpha value is -4.20. The van der Waals surface area contributed by atoms with Crippen molar-refractivity contribution < 1.29 is 18.4 Å². The fourth-order valence-electron chi connectivity index (χ4n) is 6.05. The number of aromatic nitrogens is 1. The van der Waals surface area contributed by atoms with Gasteiger partial charge in [-0.2, -0.15) is 0 Å². The van der Waals surface area contributed by atoms with Crippen molar-refractivity contribution >= 4 is 29.4 Å². The summed E-state index contributed by atoms with van der Waals surface area (Å²) in [7, 11) is 0. The molecule has 2 aliphatic heterocycles. The summed E-state index contributed by atoms with van der Waals surface area (Å²) in [6.07, 6.45) is 6.67. The number of nitrogens with one attached hydrogen (secondary N) is 1. The SMILES string of the molecule is CC(C)C1=N[C@](C)(c2cc(F)cc(F)c2)N(CC=Cc2ccc3c(c2)CC2(C3)C(=O)Nc3ncccc32)C1=O. The number of pyridine rings is 1. The molecular weight excluding hydrogens is 498 g/mol. The van der Waals surface area contributed by atoms with E-state index in [1.54, 1.807) is 18.0 Å². The highest BCUT2D eigenvalue weighted by molar-refractivity contribution is 6.41. The lowest BCUT2D eigenvalue weighted by Gasteiger charge is -2.33. The molecule has 8 heteroatoms. The number of hydrogen-bond acceptors (Lipinski definition) is 4.